The molecule has 0 fully saturated rings. The van der Waals surface area contributed by atoms with Crippen molar-refractivity contribution in [2.45, 2.75) is 32.0 Å². The molecule has 1 spiro atoms. The van der Waals surface area contributed by atoms with Crippen molar-refractivity contribution in [1.29, 1.82) is 0 Å². The summed E-state index contributed by atoms with van der Waals surface area (Å²) in [6.45, 7) is 4.22. The maximum absolute atomic E-state index is 11.0. The van der Waals surface area contributed by atoms with Crippen molar-refractivity contribution in [1.82, 2.24) is 0 Å². The summed E-state index contributed by atoms with van der Waals surface area (Å²) in [5.74, 6) is 0.728. The van der Waals surface area contributed by atoms with E-state index in [2.05, 4.69) is 35.9 Å². The van der Waals surface area contributed by atoms with Gasteiger partial charge >= 0.3 is 0 Å². The van der Waals surface area contributed by atoms with Gasteiger partial charge in [0, 0.05) is 23.5 Å². The number of hydrogen-bond acceptors (Lipinski definition) is 3. The van der Waals surface area contributed by atoms with Crippen molar-refractivity contribution in [2.75, 3.05) is 4.90 Å². The van der Waals surface area contributed by atoms with Gasteiger partial charge in [-0.3, -0.25) is 0 Å². The van der Waals surface area contributed by atoms with Crippen LogP contribution in [0.25, 0.3) is 10.8 Å². The van der Waals surface area contributed by atoms with Crippen LogP contribution in [0, 0.1) is 0 Å². The molecule has 0 bridgehead atoms. The topological polar surface area (TPSA) is 45.1 Å². The summed E-state index contributed by atoms with van der Waals surface area (Å²) in [7, 11) is 0. The summed E-state index contributed by atoms with van der Waals surface area (Å²) >= 11 is 0. The zero-order valence-corrected chi connectivity index (χ0v) is 14.8. The molecule has 5 rings (SSSR count). The standard InChI is InChI=1S/C22H20N2O2/c1-14(2)24-18-10-6-4-8-16(18)13-22(24)21(25)23-20-17-9-5-3-7-15(17)11-12-19(20)26-22/h3-12,14H,13H2,1-2H3,(H,23,25). The van der Waals surface area contributed by atoms with Crippen LogP contribution in [0.2, 0.25) is 0 Å². The minimum Gasteiger partial charge on any atom is -0.492 e. The van der Waals surface area contributed by atoms with Gasteiger partial charge in [0.2, 0.25) is 0 Å². The van der Waals surface area contributed by atoms with Crippen LogP contribution in [0.15, 0.2) is 65.7 Å². The van der Waals surface area contributed by atoms with Crippen LogP contribution in [-0.2, 0) is 6.42 Å². The molecular formula is C22H20N2O2. The fourth-order valence-corrected chi connectivity index (χ4v) is 4.25. The minimum atomic E-state index is -0.979. The third-order valence-corrected chi connectivity index (χ3v) is 5.30. The van der Waals surface area contributed by atoms with Gasteiger partial charge in [-0.15, -0.1) is 0 Å². The van der Waals surface area contributed by atoms with E-state index < -0.39 is 5.72 Å². The predicted molar refractivity (Wildman–Crippen MR) is 105 cm³/mol. The van der Waals surface area contributed by atoms with E-state index in [1.807, 2.05) is 48.5 Å². The second-order valence-electron chi connectivity index (χ2n) is 7.22. The van der Waals surface area contributed by atoms with Crippen molar-refractivity contribution in [3.05, 3.63) is 66.2 Å². The van der Waals surface area contributed by atoms with E-state index in [1.54, 1.807) is 0 Å². The largest absolute Gasteiger partial charge is 0.492 e. The number of nitrogens with zero attached hydrogens (tertiary/aromatic N) is 2. The molecule has 0 saturated carbocycles. The first-order valence-electron chi connectivity index (χ1n) is 8.96. The van der Waals surface area contributed by atoms with E-state index >= 15 is 0 Å². The van der Waals surface area contributed by atoms with Crippen LogP contribution in [0.3, 0.4) is 0 Å². The van der Waals surface area contributed by atoms with E-state index in [0.29, 0.717) is 17.9 Å². The van der Waals surface area contributed by atoms with Gasteiger partial charge in [-0.25, -0.2) is 4.99 Å². The van der Waals surface area contributed by atoms with Crippen molar-refractivity contribution in [3.63, 3.8) is 0 Å². The molecule has 2 aliphatic rings. The lowest BCUT2D eigenvalue weighted by Gasteiger charge is -2.43. The van der Waals surface area contributed by atoms with Crippen molar-refractivity contribution < 1.29 is 9.84 Å². The van der Waals surface area contributed by atoms with Gasteiger partial charge in [0.05, 0.1) is 0 Å². The van der Waals surface area contributed by atoms with Gasteiger partial charge in [0.15, 0.2) is 0 Å². The number of anilines is 1. The third-order valence-electron chi connectivity index (χ3n) is 5.30. The smallest absolute Gasteiger partial charge is 0.263 e. The molecule has 0 aromatic heterocycles. The highest BCUT2D eigenvalue weighted by Gasteiger charge is 2.53. The van der Waals surface area contributed by atoms with Crippen molar-refractivity contribution >= 4 is 28.0 Å². The Hall–Kier alpha value is -3.01. The SMILES string of the molecule is CC(C)N1c2ccccc2CC12Oc1ccc3ccccc3c1N=C2O. The van der Waals surface area contributed by atoms with Gasteiger partial charge in [-0.05, 0) is 36.9 Å². The minimum absolute atomic E-state index is 0.0197. The molecule has 4 nitrogen and oxygen atoms in total. The van der Waals surface area contributed by atoms with Crippen LogP contribution in [-0.4, -0.2) is 22.8 Å². The van der Waals surface area contributed by atoms with E-state index in [4.69, 9.17) is 4.74 Å². The molecule has 130 valence electrons. The summed E-state index contributed by atoms with van der Waals surface area (Å²) in [4.78, 5) is 6.77. The first kappa shape index (κ1) is 15.3. The molecule has 3 aromatic rings. The summed E-state index contributed by atoms with van der Waals surface area (Å²) in [6.07, 6.45) is 0.572. The van der Waals surface area contributed by atoms with Gasteiger partial charge in [0.25, 0.3) is 11.6 Å². The molecule has 3 aromatic carbocycles. The molecule has 0 aliphatic carbocycles. The molecule has 4 heteroatoms. The van der Waals surface area contributed by atoms with Crippen LogP contribution in [0.4, 0.5) is 11.4 Å². The Balaban J connectivity index is 1.71. The Bertz CT molecular complexity index is 1060. The van der Waals surface area contributed by atoms with E-state index in [9.17, 15) is 5.11 Å². The lowest BCUT2D eigenvalue weighted by atomic mass is 10.0. The number of benzene rings is 3. The fraction of sp³-hybridized carbons (Fsp3) is 0.227. The Morgan fingerprint density at radius 2 is 1.81 bits per heavy atom. The average molecular weight is 344 g/mol. The number of aliphatic imine (C=N–C) groups is 1. The number of aliphatic hydroxyl groups is 1. The fourth-order valence-electron chi connectivity index (χ4n) is 4.25. The summed E-state index contributed by atoms with van der Waals surface area (Å²) in [6, 6.07) is 20.4. The normalized spacial score (nSPS) is 20.9. The molecule has 2 aliphatic heterocycles. The number of rotatable bonds is 1. The lowest BCUT2D eigenvalue weighted by molar-refractivity contribution is 0.114. The summed E-state index contributed by atoms with van der Waals surface area (Å²) in [5.41, 5.74) is 1.97. The third kappa shape index (κ3) is 1.93. The highest BCUT2D eigenvalue weighted by molar-refractivity contribution is 6.02. The van der Waals surface area contributed by atoms with Gasteiger partial charge in [-0.1, -0.05) is 48.5 Å². The first-order valence-corrected chi connectivity index (χ1v) is 8.96. The van der Waals surface area contributed by atoms with Crippen LogP contribution < -0.4 is 9.64 Å². The Morgan fingerprint density at radius 3 is 2.65 bits per heavy atom. The zero-order valence-electron chi connectivity index (χ0n) is 14.8. The predicted octanol–water partition coefficient (Wildman–Crippen LogP) is 4.99. The van der Waals surface area contributed by atoms with Crippen molar-refractivity contribution in [2.24, 2.45) is 4.99 Å². The maximum Gasteiger partial charge on any atom is 0.263 e. The lowest BCUT2D eigenvalue weighted by Crippen LogP contribution is -2.61. The van der Waals surface area contributed by atoms with E-state index in [1.165, 1.54) is 0 Å². The molecule has 26 heavy (non-hydrogen) atoms. The van der Waals surface area contributed by atoms with Crippen LogP contribution in [0.5, 0.6) is 5.75 Å². The van der Waals surface area contributed by atoms with Gasteiger partial charge < -0.3 is 14.7 Å². The van der Waals surface area contributed by atoms with Crippen molar-refractivity contribution in [3.8, 4) is 5.75 Å². The van der Waals surface area contributed by atoms with Crippen LogP contribution >= 0.6 is 0 Å². The second-order valence-corrected chi connectivity index (χ2v) is 7.22. The molecule has 1 N–H and O–H groups in total. The monoisotopic (exact) mass is 344 g/mol. The van der Waals surface area contributed by atoms with Gasteiger partial charge in [0.1, 0.15) is 11.4 Å². The number of fused-ring (bicyclic) bond motifs is 4. The number of aliphatic hydroxyl groups excluding tert-OH is 1. The van der Waals surface area contributed by atoms with Crippen LogP contribution in [0.1, 0.15) is 19.4 Å². The summed E-state index contributed by atoms with van der Waals surface area (Å²) in [5, 5.41) is 13.1. The highest BCUT2D eigenvalue weighted by atomic mass is 16.5. The Labute approximate surface area is 152 Å². The first-order chi connectivity index (χ1) is 12.6. The quantitative estimate of drug-likeness (QED) is 0.676. The van der Waals surface area contributed by atoms with E-state index in [-0.39, 0.29) is 11.9 Å². The molecule has 0 amide bonds. The molecule has 0 radical (unpaired) electrons. The highest BCUT2D eigenvalue weighted by Crippen LogP contribution is 2.48. The summed E-state index contributed by atoms with van der Waals surface area (Å²) < 4.78 is 6.50. The zero-order chi connectivity index (χ0) is 17.9. The number of ether oxygens (including phenoxy) is 1. The molecular weight excluding hydrogens is 324 g/mol. The molecule has 1 unspecified atom stereocenters. The molecule has 0 saturated heterocycles. The molecule has 2 heterocycles. The second kappa shape index (κ2) is 5.24. The maximum atomic E-state index is 11.0. The Kier molecular flexibility index (Phi) is 3.08. The molecule has 1 atom stereocenters. The number of para-hydroxylation sites is 1. The Morgan fingerprint density at radius 1 is 1.04 bits per heavy atom. The van der Waals surface area contributed by atoms with Gasteiger partial charge in [-0.2, -0.15) is 0 Å². The number of hydrogen-bond donors (Lipinski definition) is 1. The van der Waals surface area contributed by atoms with E-state index in [0.717, 1.165) is 22.0 Å². The average Bonchev–Trinajstić information content (AvgIpc) is 2.97.